The highest BCUT2D eigenvalue weighted by Gasteiger charge is 2.24. The predicted octanol–water partition coefficient (Wildman–Crippen LogP) is 7.31. The number of rotatable bonds is 5. The largest absolute Gasteiger partial charge is 0.315 e. The van der Waals surface area contributed by atoms with Crippen LogP contribution in [0.4, 0.5) is 0 Å². The summed E-state index contributed by atoms with van der Waals surface area (Å²) in [7, 11) is 3.11. The molecule has 0 saturated carbocycles. The summed E-state index contributed by atoms with van der Waals surface area (Å²) in [4.78, 5) is 22.6. The van der Waals surface area contributed by atoms with Crippen molar-refractivity contribution in [1.29, 1.82) is 0 Å². The number of hydrogen-bond donors (Lipinski definition) is 2. The van der Waals surface area contributed by atoms with Gasteiger partial charge in [0, 0.05) is 35.5 Å². The number of carbonyl (C=O) groups excluding carboxylic acids is 2. The molecule has 0 aromatic heterocycles. The molecule has 1 unspecified atom stereocenters. The topological polar surface area (TPSA) is 57.6 Å². The van der Waals surface area contributed by atoms with Gasteiger partial charge >= 0.3 is 0 Å². The Morgan fingerprint density at radius 3 is 1.73 bits per heavy atom. The number of thiol groups is 1. The van der Waals surface area contributed by atoms with Crippen molar-refractivity contribution >= 4 is 36.0 Å². The summed E-state index contributed by atoms with van der Waals surface area (Å²) in [5, 5.41) is 10.5. The van der Waals surface area contributed by atoms with Crippen molar-refractivity contribution in [3.05, 3.63) is 77.4 Å². The molecule has 0 saturated heterocycles. The summed E-state index contributed by atoms with van der Waals surface area (Å²) >= 11 is 4.32. The molecule has 3 aromatic rings. The van der Waals surface area contributed by atoms with Crippen molar-refractivity contribution < 1.29 is 14.8 Å². The van der Waals surface area contributed by atoms with Crippen LogP contribution in [0.2, 0.25) is 0 Å². The first-order valence-corrected chi connectivity index (χ1v) is 11.6. The average Bonchev–Trinajstić information content (AvgIpc) is 2.76. The Balaban J connectivity index is 0.000000285. The molecule has 0 aliphatic carbocycles. The van der Waals surface area contributed by atoms with Crippen LogP contribution in [0.3, 0.4) is 0 Å². The molecule has 3 rings (SSSR count). The molecule has 5 heteroatoms. The molecular formula is C28H37NO3S. The predicted molar refractivity (Wildman–Crippen MR) is 141 cm³/mol. The minimum absolute atomic E-state index is 0.341. The summed E-state index contributed by atoms with van der Waals surface area (Å²) in [6.07, 6.45) is 4.05. The molecule has 1 atom stereocenters. The maximum atomic E-state index is 10.8. The highest BCUT2D eigenvalue weighted by Crippen LogP contribution is 2.38. The lowest BCUT2D eigenvalue weighted by Gasteiger charge is -2.31. The second-order valence-corrected chi connectivity index (χ2v) is 9.69. The van der Waals surface area contributed by atoms with Gasteiger partial charge in [0.25, 0.3) is 0 Å². The van der Waals surface area contributed by atoms with Crippen LogP contribution in [0.25, 0.3) is 10.8 Å². The molecule has 33 heavy (non-hydrogen) atoms. The van der Waals surface area contributed by atoms with E-state index < -0.39 is 0 Å². The van der Waals surface area contributed by atoms with E-state index >= 15 is 0 Å². The lowest BCUT2D eigenvalue weighted by Crippen LogP contribution is -2.18. The summed E-state index contributed by atoms with van der Waals surface area (Å²) in [5.41, 5.74) is 2.91. The van der Waals surface area contributed by atoms with E-state index in [1.165, 1.54) is 18.4 Å². The van der Waals surface area contributed by atoms with Crippen molar-refractivity contribution in [1.82, 2.24) is 5.06 Å². The van der Waals surface area contributed by atoms with Crippen molar-refractivity contribution in [2.45, 2.75) is 51.3 Å². The van der Waals surface area contributed by atoms with Crippen LogP contribution < -0.4 is 0 Å². The third-order valence-corrected chi connectivity index (χ3v) is 5.44. The average molecular weight is 468 g/mol. The Hall–Kier alpha value is -2.47. The molecule has 3 aromatic carbocycles. The first-order chi connectivity index (χ1) is 15.5. The lowest BCUT2D eigenvalue weighted by atomic mass is 9.74. The van der Waals surface area contributed by atoms with E-state index in [4.69, 9.17) is 5.21 Å². The summed E-state index contributed by atoms with van der Waals surface area (Å²) in [5.74, 6) is 0.649. The number of benzene rings is 3. The van der Waals surface area contributed by atoms with Gasteiger partial charge in [-0.2, -0.15) is 5.06 Å². The van der Waals surface area contributed by atoms with Gasteiger partial charge < -0.3 is 5.21 Å². The maximum Gasteiger partial charge on any atom is 0.150 e. The fourth-order valence-corrected chi connectivity index (χ4v) is 3.84. The SMILES string of the molecule is CCCC(c1ccc(S)cc1)C(C)(C)C.CN(C)O.O=Cc1cccc2cccc(C=O)c12. The van der Waals surface area contributed by atoms with Crippen LogP contribution in [0, 0.1) is 5.41 Å². The molecule has 0 amide bonds. The van der Waals surface area contributed by atoms with E-state index in [9.17, 15) is 9.59 Å². The highest BCUT2D eigenvalue weighted by atomic mass is 32.1. The number of hydroxylamine groups is 2. The van der Waals surface area contributed by atoms with Gasteiger partial charge in [-0.15, -0.1) is 12.6 Å². The second kappa shape index (κ2) is 13.9. The number of fused-ring (bicyclic) bond motifs is 1. The Morgan fingerprint density at radius 1 is 0.909 bits per heavy atom. The monoisotopic (exact) mass is 467 g/mol. The Kier molecular flexibility index (Phi) is 12.1. The van der Waals surface area contributed by atoms with Gasteiger partial charge in [-0.25, -0.2) is 0 Å². The molecule has 0 bridgehead atoms. The molecule has 1 N–H and O–H groups in total. The Labute approximate surface area is 204 Å². The standard InChI is InChI=1S/C14H22S.C12H8O2.C2H7NO/c1-5-6-13(14(2,3)4)11-7-9-12(15)10-8-11;13-7-10-5-1-3-9-4-2-6-11(8-14)12(9)10;1-3(2)4/h7-10,13,15H,5-6H2,1-4H3;1-8H;4H,1-2H3. The van der Waals surface area contributed by atoms with Gasteiger partial charge in [0.15, 0.2) is 12.6 Å². The molecule has 0 fully saturated rings. The van der Waals surface area contributed by atoms with Gasteiger partial charge in [0.1, 0.15) is 0 Å². The third-order valence-electron chi connectivity index (χ3n) is 5.14. The van der Waals surface area contributed by atoms with Crippen LogP contribution in [-0.4, -0.2) is 36.9 Å². The Bertz CT molecular complexity index is 962. The van der Waals surface area contributed by atoms with Crippen molar-refractivity contribution in [3.8, 4) is 0 Å². The van der Waals surface area contributed by atoms with Crippen LogP contribution in [0.1, 0.15) is 72.7 Å². The zero-order valence-electron chi connectivity index (χ0n) is 20.6. The Morgan fingerprint density at radius 2 is 1.36 bits per heavy atom. The fourth-order valence-electron chi connectivity index (χ4n) is 3.69. The van der Waals surface area contributed by atoms with Crippen molar-refractivity contribution in [2.75, 3.05) is 14.1 Å². The minimum atomic E-state index is 0.341. The zero-order valence-corrected chi connectivity index (χ0v) is 21.5. The molecule has 0 spiro atoms. The number of aldehydes is 2. The van der Waals surface area contributed by atoms with Crippen LogP contribution >= 0.6 is 12.6 Å². The van der Waals surface area contributed by atoms with E-state index in [1.807, 2.05) is 12.1 Å². The summed E-state index contributed by atoms with van der Waals surface area (Å²) in [6.45, 7) is 9.22. The molecule has 4 nitrogen and oxygen atoms in total. The molecule has 0 aliphatic heterocycles. The molecule has 0 aliphatic rings. The van der Waals surface area contributed by atoms with Crippen molar-refractivity contribution in [2.24, 2.45) is 5.41 Å². The summed E-state index contributed by atoms with van der Waals surface area (Å²) < 4.78 is 0. The molecule has 0 heterocycles. The second-order valence-electron chi connectivity index (χ2n) is 9.17. The van der Waals surface area contributed by atoms with Gasteiger partial charge in [-0.3, -0.25) is 9.59 Å². The first kappa shape index (κ1) is 28.6. The number of hydrogen-bond acceptors (Lipinski definition) is 5. The zero-order chi connectivity index (χ0) is 25.0. The van der Waals surface area contributed by atoms with E-state index in [0.29, 0.717) is 22.5 Å². The van der Waals surface area contributed by atoms with E-state index in [1.54, 1.807) is 38.4 Å². The van der Waals surface area contributed by atoms with Crippen molar-refractivity contribution in [3.63, 3.8) is 0 Å². The highest BCUT2D eigenvalue weighted by molar-refractivity contribution is 7.80. The first-order valence-electron chi connectivity index (χ1n) is 11.1. The minimum Gasteiger partial charge on any atom is -0.315 e. The van der Waals surface area contributed by atoms with E-state index in [-0.39, 0.29) is 0 Å². The van der Waals surface area contributed by atoms with Gasteiger partial charge in [0.2, 0.25) is 0 Å². The fraction of sp³-hybridized carbons (Fsp3) is 0.357. The van der Waals surface area contributed by atoms with Crippen LogP contribution in [0.5, 0.6) is 0 Å². The smallest absolute Gasteiger partial charge is 0.150 e. The lowest BCUT2D eigenvalue weighted by molar-refractivity contribution is -0.0372. The molecule has 178 valence electrons. The quantitative estimate of drug-likeness (QED) is 0.235. The van der Waals surface area contributed by atoms with Gasteiger partial charge in [-0.05, 0) is 40.8 Å². The summed E-state index contributed by atoms with van der Waals surface area (Å²) in [6, 6.07) is 19.4. The third kappa shape index (κ3) is 9.50. The van der Waals surface area contributed by atoms with E-state index in [2.05, 4.69) is 64.6 Å². The number of nitrogens with zero attached hydrogens (tertiary/aromatic N) is 1. The van der Waals surface area contributed by atoms with Gasteiger partial charge in [-0.1, -0.05) is 82.6 Å². The van der Waals surface area contributed by atoms with Gasteiger partial charge in [0.05, 0.1) is 0 Å². The molecule has 0 radical (unpaired) electrons. The van der Waals surface area contributed by atoms with Crippen LogP contribution in [-0.2, 0) is 0 Å². The molecular weight excluding hydrogens is 430 g/mol. The van der Waals surface area contributed by atoms with Crippen LogP contribution in [0.15, 0.2) is 65.6 Å². The maximum absolute atomic E-state index is 10.8. The number of carbonyl (C=O) groups is 2. The van der Waals surface area contributed by atoms with E-state index in [0.717, 1.165) is 33.3 Å². The normalized spacial score (nSPS) is 11.7.